The van der Waals surface area contributed by atoms with Crippen LogP contribution >= 0.6 is 0 Å². The molecule has 1 N–H and O–H groups in total. The molecule has 1 heterocycles. The van der Waals surface area contributed by atoms with Gasteiger partial charge in [0.2, 0.25) is 0 Å². The van der Waals surface area contributed by atoms with Crippen molar-refractivity contribution >= 4 is 0 Å². The van der Waals surface area contributed by atoms with Crippen molar-refractivity contribution in [3.05, 3.63) is 35.4 Å². The summed E-state index contributed by atoms with van der Waals surface area (Å²) in [6, 6.07) is 5.41. The van der Waals surface area contributed by atoms with Crippen molar-refractivity contribution in [2.75, 3.05) is 6.54 Å². The average Bonchev–Trinajstić information content (AvgIpc) is 2.27. The van der Waals surface area contributed by atoms with Gasteiger partial charge < -0.3 is 10.1 Å². The lowest BCUT2D eigenvalue weighted by Gasteiger charge is -2.35. The average molecular weight is 245 g/mol. The molecule has 0 radical (unpaired) electrons. The van der Waals surface area contributed by atoms with E-state index in [4.69, 9.17) is 4.74 Å². The first kappa shape index (κ1) is 12.4. The van der Waals surface area contributed by atoms with Crippen LogP contribution in [0.25, 0.3) is 0 Å². The largest absolute Gasteiger partial charge is 0.416 e. The summed E-state index contributed by atoms with van der Waals surface area (Å²) < 4.78 is 42.5. The number of alkyl halides is 3. The van der Waals surface area contributed by atoms with Gasteiger partial charge in [-0.15, -0.1) is 0 Å². The first-order valence-electron chi connectivity index (χ1n) is 5.48. The lowest BCUT2D eigenvalue weighted by molar-refractivity contribution is -0.137. The van der Waals surface area contributed by atoms with Crippen LogP contribution in [-0.2, 0) is 17.5 Å². The predicted octanol–water partition coefficient (Wildman–Crippen LogP) is 2.58. The van der Waals surface area contributed by atoms with Crippen molar-refractivity contribution in [3.8, 4) is 0 Å². The number of hydrogen-bond donors (Lipinski definition) is 1. The second-order valence-corrected chi connectivity index (χ2v) is 4.24. The Balaban J connectivity index is 1.90. The number of benzene rings is 1. The standard InChI is InChI=1S/C12H14F3NO/c1-8-11(6-16-8)17-7-9-2-4-10(5-3-9)12(13,14)15/h2-5,8,11,16H,6-7H2,1H3. The normalized spacial score (nSPS) is 24.5. The van der Waals surface area contributed by atoms with Crippen LogP contribution in [0.2, 0.25) is 0 Å². The van der Waals surface area contributed by atoms with Crippen LogP contribution in [0.4, 0.5) is 13.2 Å². The molecule has 0 bridgehead atoms. The Morgan fingerprint density at radius 3 is 2.35 bits per heavy atom. The van der Waals surface area contributed by atoms with Gasteiger partial charge in [0.25, 0.3) is 0 Å². The number of rotatable bonds is 3. The Hall–Kier alpha value is -1.07. The summed E-state index contributed by atoms with van der Waals surface area (Å²) in [7, 11) is 0. The predicted molar refractivity (Wildman–Crippen MR) is 57.5 cm³/mol. The number of nitrogens with one attached hydrogen (secondary N) is 1. The van der Waals surface area contributed by atoms with Gasteiger partial charge in [0.1, 0.15) is 0 Å². The lowest BCUT2D eigenvalue weighted by atomic mass is 10.1. The fraction of sp³-hybridized carbons (Fsp3) is 0.500. The maximum atomic E-state index is 12.3. The fourth-order valence-electron chi connectivity index (χ4n) is 1.65. The number of halogens is 3. The van der Waals surface area contributed by atoms with E-state index in [1.54, 1.807) is 0 Å². The van der Waals surface area contributed by atoms with Crippen LogP contribution in [0, 0.1) is 0 Å². The molecule has 1 saturated heterocycles. The maximum Gasteiger partial charge on any atom is 0.416 e. The van der Waals surface area contributed by atoms with E-state index in [-0.39, 0.29) is 6.10 Å². The minimum atomic E-state index is -4.27. The molecule has 2 atom stereocenters. The number of hydrogen-bond acceptors (Lipinski definition) is 2. The third kappa shape index (κ3) is 2.98. The van der Waals surface area contributed by atoms with Crippen LogP contribution in [0.15, 0.2) is 24.3 Å². The second kappa shape index (κ2) is 4.66. The van der Waals surface area contributed by atoms with E-state index < -0.39 is 11.7 Å². The zero-order chi connectivity index (χ0) is 12.5. The van der Waals surface area contributed by atoms with Crippen molar-refractivity contribution in [3.63, 3.8) is 0 Å². The molecule has 1 aliphatic rings. The molecule has 2 nitrogen and oxygen atoms in total. The van der Waals surface area contributed by atoms with Gasteiger partial charge in [-0.25, -0.2) is 0 Å². The fourth-order valence-corrected chi connectivity index (χ4v) is 1.65. The molecule has 0 amide bonds. The van der Waals surface area contributed by atoms with Crippen LogP contribution in [-0.4, -0.2) is 18.7 Å². The van der Waals surface area contributed by atoms with Crippen LogP contribution in [0.5, 0.6) is 0 Å². The second-order valence-electron chi connectivity index (χ2n) is 4.24. The summed E-state index contributed by atoms with van der Waals surface area (Å²) in [4.78, 5) is 0. The summed E-state index contributed by atoms with van der Waals surface area (Å²) in [5.41, 5.74) is 0.136. The SMILES string of the molecule is CC1NCC1OCc1ccc(C(F)(F)F)cc1. The minimum absolute atomic E-state index is 0.164. The molecule has 94 valence electrons. The Morgan fingerprint density at radius 1 is 1.29 bits per heavy atom. The molecule has 0 aromatic heterocycles. The van der Waals surface area contributed by atoms with Gasteiger partial charge in [-0.05, 0) is 24.6 Å². The Morgan fingerprint density at radius 2 is 1.94 bits per heavy atom. The zero-order valence-electron chi connectivity index (χ0n) is 9.42. The van der Waals surface area contributed by atoms with Gasteiger partial charge in [-0.2, -0.15) is 13.2 Å². The minimum Gasteiger partial charge on any atom is -0.371 e. The third-order valence-corrected chi connectivity index (χ3v) is 2.94. The highest BCUT2D eigenvalue weighted by Gasteiger charge is 2.30. The van der Waals surface area contributed by atoms with Crippen molar-refractivity contribution in [1.82, 2.24) is 5.32 Å². The molecule has 1 aromatic carbocycles. The van der Waals surface area contributed by atoms with Gasteiger partial charge in [0, 0.05) is 12.6 Å². The Bertz CT molecular complexity index is 374. The number of ether oxygens (including phenoxy) is 1. The van der Waals surface area contributed by atoms with E-state index in [2.05, 4.69) is 5.32 Å². The van der Waals surface area contributed by atoms with Gasteiger partial charge >= 0.3 is 6.18 Å². The van der Waals surface area contributed by atoms with Crippen LogP contribution in [0.1, 0.15) is 18.1 Å². The highest BCUT2D eigenvalue weighted by Crippen LogP contribution is 2.29. The van der Waals surface area contributed by atoms with E-state index in [0.717, 1.165) is 24.2 Å². The van der Waals surface area contributed by atoms with E-state index in [9.17, 15) is 13.2 Å². The molecule has 5 heteroatoms. The van der Waals surface area contributed by atoms with Gasteiger partial charge in [0.05, 0.1) is 18.3 Å². The topological polar surface area (TPSA) is 21.3 Å². The molecule has 0 saturated carbocycles. The lowest BCUT2D eigenvalue weighted by Crippen LogP contribution is -2.56. The summed E-state index contributed by atoms with van der Waals surface area (Å²) in [6.07, 6.45) is -4.11. The molecule has 0 spiro atoms. The summed E-state index contributed by atoms with van der Waals surface area (Å²) >= 11 is 0. The van der Waals surface area contributed by atoms with Gasteiger partial charge in [-0.1, -0.05) is 12.1 Å². The molecule has 1 fully saturated rings. The highest BCUT2D eigenvalue weighted by atomic mass is 19.4. The van der Waals surface area contributed by atoms with Crippen molar-refractivity contribution < 1.29 is 17.9 Å². The quantitative estimate of drug-likeness (QED) is 0.883. The molecular weight excluding hydrogens is 231 g/mol. The van der Waals surface area contributed by atoms with E-state index in [0.29, 0.717) is 12.6 Å². The molecule has 1 aromatic rings. The Labute approximate surface area is 97.8 Å². The van der Waals surface area contributed by atoms with E-state index in [1.807, 2.05) is 6.92 Å². The van der Waals surface area contributed by atoms with Crippen LogP contribution < -0.4 is 5.32 Å². The smallest absolute Gasteiger partial charge is 0.371 e. The van der Waals surface area contributed by atoms with E-state index in [1.165, 1.54) is 12.1 Å². The van der Waals surface area contributed by atoms with Crippen molar-refractivity contribution in [2.45, 2.75) is 31.9 Å². The molecule has 1 aliphatic heterocycles. The first-order chi connectivity index (χ1) is 7.97. The molecule has 0 aliphatic carbocycles. The van der Waals surface area contributed by atoms with Crippen LogP contribution in [0.3, 0.4) is 0 Å². The molecular formula is C12H14F3NO. The third-order valence-electron chi connectivity index (χ3n) is 2.94. The Kier molecular flexibility index (Phi) is 3.40. The van der Waals surface area contributed by atoms with E-state index >= 15 is 0 Å². The zero-order valence-corrected chi connectivity index (χ0v) is 9.42. The summed E-state index contributed by atoms with van der Waals surface area (Å²) in [5.74, 6) is 0. The summed E-state index contributed by atoms with van der Waals surface area (Å²) in [6.45, 7) is 3.18. The highest BCUT2D eigenvalue weighted by molar-refractivity contribution is 5.24. The molecule has 17 heavy (non-hydrogen) atoms. The van der Waals surface area contributed by atoms with Crippen molar-refractivity contribution in [1.29, 1.82) is 0 Å². The summed E-state index contributed by atoms with van der Waals surface area (Å²) in [5, 5.41) is 3.15. The van der Waals surface area contributed by atoms with Crippen molar-refractivity contribution in [2.24, 2.45) is 0 Å². The van der Waals surface area contributed by atoms with Gasteiger partial charge in [0.15, 0.2) is 0 Å². The molecule has 2 rings (SSSR count). The van der Waals surface area contributed by atoms with Gasteiger partial charge in [-0.3, -0.25) is 0 Å². The maximum absolute atomic E-state index is 12.3. The first-order valence-corrected chi connectivity index (χ1v) is 5.48. The molecule has 2 unspecified atom stereocenters. The monoisotopic (exact) mass is 245 g/mol.